The van der Waals surface area contributed by atoms with Crippen molar-refractivity contribution in [2.45, 2.75) is 25.8 Å². The molecule has 6 nitrogen and oxygen atoms in total. The van der Waals surface area contributed by atoms with E-state index in [2.05, 4.69) is 10.2 Å². The van der Waals surface area contributed by atoms with Gasteiger partial charge in [-0.15, -0.1) is 12.4 Å². The Labute approximate surface area is 166 Å². The molecule has 1 atom stereocenters. The number of methoxy groups -OCH3 is 2. The van der Waals surface area contributed by atoms with Crippen LogP contribution >= 0.6 is 12.4 Å². The van der Waals surface area contributed by atoms with Gasteiger partial charge in [-0.1, -0.05) is 6.07 Å². The molecule has 1 aliphatic heterocycles. The number of nitrogens with zero attached hydrogens (tertiary/aromatic N) is 1. The van der Waals surface area contributed by atoms with Crippen LogP contribution in [0.25, 0.3) is 0 Å². The second-order valence-corrected chi connectivity index (χ2v) is 6.38. The Hall–Kier alpha value is -2.60. The second kappa shape index (κ2) is 8.86. The summed E-state index contributed by atoms with van der Waals surface area (Å²) >= 11 is 0. The average molecular weight is 392 g/mol. The van der Waals surface area contributed by atoms with E-state index < -0.39 is 0 Å². The first-order chi connectivity index (χ1) is 12.5. The van der Waals surface area contributed by atoms with Gasteiger partial charge < -0.3 is 25.4 Å². The molecule has 0 saturated heterocycles. The maximum absolute atomic E-state index is 12.8. The smallest absolute Gasteiger partial charge is 0.246 e. The number of nitrogens with two attached hydrogens (primary N) is 1. The Bertz CT molecular complexity index is 813. The number of carbonyl (C=O) groups excluding carboxylic acids is 1. The Morgan fingerprint density at radius 3 is 2.63 bits per heavy atom. The Morgan fingerprint density at radius 2 is 1.93 bits per heavy atom. The summed E-state index contributed by atoms with van der Waals surface area (Å²) in [6.07, 6.45) is 1.93. The molecule has 0 aliphatic carbocycles. The minimum Gasteiger partial charge on any atom is -0.493 e. The third-order valence-corrected chi connectivity index (χ3v) is 4.82. The van der Waals surface area contributed by atoms with Crippen LogP contribution in [-0.2, 0) is 11.2 Å². The number of rotatable bonds is 5. The highest BCUT2D eigenvalue weighted by Gasteiger charge is 2.27. The lowest BCUT2D eigenvalue weighted by Gasteiger charge is -2.36. The first-order valence-electron chi connectivity index (χ1n) is 8.72. The Morgan fingerprint density at radius 1 is 1.19 bits per heavy atom. The number of fused-ring (bicyclic) bond motifs is 1. The number of nitrogen functional groups attached to an aromatic ring is 1. The summed E-state index contributed by atoms with van der Waals surface area (Å²) in [7, 11) is 3.15. The fourth-order valence-electron chi connectivity index (χ4n) is 3.38. The standard InChI is InChI=1S/C20H25N3O3.ClH/c1-13(23-11-5-6-15-16(21)7-4-8-17(15)23)20(24)22-14-9-10-18(25-2)19(12-14)26-3;/h4,7-10,12-13H,5-6,11,21H2,1-3H3,(H,22,24);1H. The highest BCUT2D eigenvalue weighted by Crippen LogP contribution is 2.33. The van der Waals surface area contributed by atoms with Crippen molar-refractivity contribution in [3.8, 4) is 11.5 Å². The van der Waals surface area contributed by atoms with Gasteiger partial charge in [0.05, 0.1) is 14.2 Å². The average Bonchev–Trinajstić information content (AvgIpc) is 2.67. The summed E-state index contributed by atoms with van der Waals surface area (Å²) in [5.74, 6) is 1.13. The molecule has 3 rings (SSSR count). The molecule has 7 heteroatoms. The van der Waals surface area contributed by atoms with Crippen molar-refractivity contribution in [1.82, 2.24) is 0 Å². The molecule has 3 N–H and O–H groups in total. The molecule has 27 heavy (non-hydrogen) atoms. The number of anilines is 3. The van der Waals surface area contributed by atoms with Crippen LogP contribution in [0.4, 0.5) is 17.1 Å². The molecule has 2 aromatic carbocycles. The van der Waals surface area contributed by atoms with Gasteiger partial charge in [0, 0.05) is 29.7 Å². The summed E-state index contributed by atoms with van der Waals surface area (Å²) in [5.41, 5.74) is 9.75. The Kier molecular flexibility index (Phi) is 6.80. The largest absolute Gasteiger partial charge is 0.493 e. The zero-order valence-electron chi connectivity index (χ0n) is 15.8. The SMILES string of the molecule is COc1ccc(NC(=O)C(C)N2CCCc3c(N)cccc32)cc1OC.Cl. The number of nitrogens with one attached hydrogen (secondary N) is 1. The molecule has 1 amide bonds. The molecule has 0 radical (unpaired) electrons. The van der Waals surface area contributed by atoms with E-state index in [0.717, 1.165) is 36.3 Å². The molecular formula is C20H26ClN3O3. The zero-order chi connectivity index (χ0) is 18.7. The van der Waals surface area contributed by atoms with E-state index in [1.807, 2.05) is 25.1 Å². The molecule has 0 spiro atoms. The molecule has 0 fully saturated rings. The number of amides is 1. The number of hydrogen-bond donors (Lipinski definition) is 2. The summed E-state index contributed by atoms with van der Waals surface area (Å²) in [4.78, 5) is 14.9. The van der Waals surface area contributed by atoms with Gasteiger partial charge in [-0.25, -0.2) is 0 Å². The van der Waals surface area contributed by atoms with E-state index in [1.165, 1.54) is 0 Å². The van der Waals surface area contributed by atoms with Crippen molar-refractivity contribution in [3.63, 3.8) is 0 Å². The fraction of sp³-hybridized carbons (Fsp3) is 0.350. The van der Waals surface area contributed by atoms with Crippen LogP contribution in [0.1, 0.15) is 18.9 Å². The van der Waals surface area contributed by atoms with Crippen molar-refractivity contribution < 1.29 is 14.3 Å². The van der Waals surface area contributed by atoms with E-state index in [4.69, 9.17) is 15.2 Å². The van der Waals surface area contributed by atoms with Crippen LogP contribution in [0.2, 0.25) is 0 Å². The lowest BCUT2D eigenvalue weighted by Crippen LogP contribution is -2.44. The highest BCUT2D eigenvalue weighted by molar-refractivity contribution is 5.97. The molecule has 1 heterocycles. The van der Waals surface area contributed by atoms with Crippen LogP contribution in [0.15, 0.2) is 36.4 Å². The minimum atomic E-state index is -0.316. The van der Waals surface area contributed by atoms with Gasteiger partial charge in [-0.2, -0.15) is 0 Å². The fourth-order valence-corrected chi connectivity index (χ4v) is 3.38. The molecule has 1 unspecified atom stereocenters. The maximum Gasteiger partial charge on any atom is 0.246 e. The zero-order valence-corrected chi connectivity index (χ0v) is 16.6. The van der Waals surface area contributed by atoms with Gasteiger partial charge in [0.25, 0.3) is 0 Å². The molecular weight excluding hydrogens is 366 g/mol. The number of hydrogen-bond acceptors (Lipinski definition) is 5. The normalized spacial score (nSPS) is 13.8. The predicted molar refractivity (Wildman–Crippen MR) is 111 cm³/mol. The van der Waals surface area contributed by atoms with Gasteiger partial charge in [0.1, 0.15) is 6.04 Å². The van der Waals surface area contributed by atoms with E-state index in [0.29, 0.717) is 17.2 Å². The van der Waals surface area contributed by atoms with Gasteiger partial charge in [0.2, 0.25) is 5.91 Å². The van der Waals surface area contributed by atoms with E-state index in [9.17, 15) is 4.79 Å². The lowest BCUT2D eigenvalue weighted by atomic mass is 9.98. The molecule has 0 saturated carbocycles. The van der Waals surface area contributed by atoms with Crippen molar-refractivity contribution >= 4 is 35.4 Å². The number of halogens is 1. The first-order valence-corrected chi connectivity index (χ1v) is 8.72. The van der Waals surface area contributed by atoms with Gasteiger partial charge in [0.15, 0.2) is 11.5 Å². The summed E-state index contributed by atoms with van der Waals surface area (Å²) < 4.78 is 10.5. The second-order valence-electron chi connectivity index (χ2n) is 6.38. The quantitative estimate of drug-likeness (QED) is 0.763. The lowest BCUT2D eigenvalue weighted by molar-refractivity contribution is -0.117. The molecule has 0 aromatic heterocycles. The van der Waals surface area contributed by atoms with E-state index in [-0.39, 0.29) is 24.4 Å². The van der Waals surface area contributed by atoms with Crippen LogP contribution in [-0.4, -0.2) is 32.7 Å². The van der Waals surface area contributed by atoms with Crippen molar-refractivity contribution in [2.75, 3.05) is 36.7 Å². The van der Waals surface area contributed by atoms with Gasteiger partial charge in [-0.3, -0.25) is 4.79 Å². The molecule has 146 valence electrons. The van der Waals surface area contributed by atoms with Crippen LogP contribution in [0.3, 0.4) is 0 Å². The summed E-state index contributed by atoms with van der Waals surface area (Å²) in [6.45, 7) is 2.74. The minimum absolute atomic E-state index is 0. The van der Waals surface area contributed by atoms with Gasteiger partial charge >= 0.3 is 0 Å². The molecule has 0 bridgehead atoms. The number of carbonyl (C=O) groups is 1. The highest BCUT2D eigenvalue weighted by atomic mass is 35.5. The predicted octanol–water partition coefficient (Wildman–Crippen LogP) is 3.49. The topological polar surface area (TPSA) is 76.8 Å². The molecule has 2 aromatic rings. The first kappa shape index (κ1) is 20.7. The monoisotopic (exact) mass is 391 g/mol. The third-order valence-electron chi connectivity index (χ3n) is 4.82. The Balaban J connectivity index is 0.00000261. The van der Waals surface area contributed by atoms with Gasteiger partial charge in [-0.05, 0) is 49.6 Å². The third kappa shape index (κ3) is 4.22. The number of ether oxygens (including phenoxy) is 2. The molecule has 1 aliphatic rings. The summed E-state index contributed by atoms with van der Waals surface area (Å²) in [6, 6.07) is 10.9. The van der Waals surface area contributed by atoms with Crippen LogP contribution in [0.5, 0.6) is 11.5 Å². The van der Waals surface area contributed by atoms with Crippen molar-refractivity contribution in [3.05, 3.63) is 42.0 Å². The van der Waals surface area contributed by atoms with Crippen LogP contribution in [0, 0.1) is 0 Å². The maximum atomic E-state index is 12.8. The van der Waals surface area contributed by atoms with Crippen LogP contribution < -0.4 is 25.4 Å². The van der Waals surface area contributed by atoms with Crippen molar-refractivity contribution in [1.29, 1.82) is 0 Å². The summed E-state index contributed by atoms with van der Waals surface area (Å²) in [5, 5.41) is 2.96. The van der Waals surface area contributed by atoms with E-state index >= 15 is 0 Å². The van der Waals surface area contributed by atoms with Crippen molar-refractivity contribution in [2.24, 2.45) is 0 Å². The number of benzene rings is 2. The van der Waals surface area contributed by atoms with E-state index in [1.54, 1.807) is 32.4 Å².